The normalized spacial score (nSPS) is 10.7. The van der Waals surface area contributed by atoms with Gasteiger partial charge in [0.2, 0.25) is 5.13 Å². The summed E-state index contributed by atoms with van der Waals surface area (Å²) in [5.41, 5.74) is 3.25. The summed E-state index contributed by atoms with van der Waals surface area (Å²) in [4.78, 5) is 12.2. The summed E-state index contributed by atoms with van der Waals surface area (Å²) in [6.07, 6.45) is 1.82. The van der Waals surface area contributed by atoms with Gasteiger partial charge in [0.15, 0.2) is 0 Å². The highest BCUT2D eigenvalue weighted by atomic mass is 32.1. The summed E-state index contributed by atoms with van der Waals surface area (Å²) in [7, 11) is 1.92. The van der Waals surface area contributed by atoms with E-state index in [1.165, 1.54) is 11.3 Å². The molecule has 1 N–H and O–H groups in total. The van der Waals surface area contributed by atoms with Crippen molar-refractivity contribution in [2.45, 2.75) is 0 Å². The Hall–Kier alpha value is -2.21. The van der Waals surface area contributed by atoms with Gasteiger partial charge in [-0.25, -0.2) is 0 Å². The van der Waals surface area contributed by atoms with Gasteiger partial charge in [0.25, 0.3) is 5.91 Å². The summed E-state index contributed by atoms with van der Waals surface area (Å²) in [6, 6.07) is 7.79. The highest BCUT2D eigenvalue weighted by Gasteiger charge is 2.14. The van der Waals surface area contributed by atoms with Crippen LogP contribution in [-0.4, -0.2) is 20.7 Å². The number of aryl methyl sites for hydroxylation is 1. The Bertz CT molecular complexity index is 702. The van der Waals surface area contributed by atoms with E-state index in [0.29, 0.717) is 10.7 Å². The number of amides is 1. The zero-order chi connectivity index (χ0) is 12.5. The Balaban J connectivity index is 2.01. The first kappa shape index (κ1) is 10.9. The fourth-order valence-corrected chi connectivity index (χ4v) is 2.35. The molecule has 0 unspecified atom stereocenters. The number of carbonyl (C=O) groups is 1. The molecule has 0 atom stereocenters. The van der Waals surface area contributed by atoms with E-state index in [0.717, 1.165) is 10.9 Å². The smallest absolute Gasteiger partial charge is 0.259 e. The fraction of sp³-hybridized carbons (Fsp3) is 0.0833. The van der Waals surface area contributed by atoms with Gasteiger partial charge in [-0.15, -0.1) is 10.2 Å². The molecule has 3 rings (SSSR count). The molecular weight excluding hydrogens is 248 g/mol. The maximum Gasteiger partial charge on any atom is 0.259 e. The number of hydrogen-bond acceptors (Lipinski definition) is 4. The Morgan fingerprint density at radius 3 is 3.00 bits per heavy atom. The van der Waals surface area contributed by atoms with Crippen molar-refractivity contribution in [1.29, 1.82) is 0 Å². The average Bonchev–Trinajstić information content (AvgIpc) is 2.98. The number of aromatic nitrogens is 3. The van der Waals surface area contributed by atoms with Crippen LogP contribution in [-0.2, 0) is 7.05 Å². The quantitative estimate of drug-likeness (QED) is 0.767. The highest BCUT2D eigenvalue weighted by molar-refractivity contribution is 7.13. The van der Waals surface area contributed by atoms with Gasteiger partial charge in [0, 0.05) is 24.1 Å². The Labute approximate surface area is 107 Å². The second kappa shape index (κ2) is 4.23. The SMILES string of the molecule is Cn1cc(C(=O)Nc2nncs2)c2ccccc21. The molecule has 0 spiro atoms. The molecule has 0 saturated carbocycles. The molecule has 5 nitrogen and oxygen atoms in total. The molecule has 3 aromatic rings. The lowest BCUT2D eigenvalue weighted by molar-refractivity contribution is 0.102. The summed E-state index contributed by atoms with van der Waals surface area (Å²) in [5, 5.41) is 11.7. The number of carbonyl (C=O) groups excluding carboxylic acids is 1. The van der Waals surface area contributed by atoms with Crippen molar-refractivity contribution in [3.8, 4) is 0 Å². The molecule has 2 heterocycles. The van der Waals surface area contributed by atoms with Crippen molar-refractivity contribution in [3.63, 3.8) is 0 Å². The predicted octanol–water partition coefficient (Wildman–Crippen LogP) is 2.28. The predicted molar refractivity (Wildman–Crippen MR) is 70.8 cm³/mol. The summed E-state index contributed by atoms with van der Waals surface area (Å²) >= 11 is 1.30. The standard InChI is InChI=1S/C12H10N4OS/c1-16-6-9(8-4-2-3-5-10(8)16)11(17)14-12-15-13-7-18-12/h2-7H,1H3,(H,14,15,17). The monoisotopic (exact) mass is 258 g/mol. The second-order valence-corrected chi connectivity index (χ2v) is 4.70. The first-order valence-electron chi connectivity index (χ1n) is 5.37. The number of nitrogens with one attached hydrogen (secondary N) is 1. The molecule has 1 amide bonds. The molecule has 6 heteroatoms. The van der Waals surface area contributed by atoms with E-state index in [1.54, 1.807) is 5.51 Å². The van der Waals surface area contributed by atoms with E-state index in [9.17, 15) is 4.79 Å². The molecule has 1 aromatic carbocycles. The average molecular weight is 258 g/mol. The third-order valence-electron chi connectivity index (χ3n) is 2.72. The first-order valence-corrected chi connectivity index (χ1v) is 6.25. The van der Waals surface area contributed by atoms with E-state index < -0.39 is 0 Å². The summed E-state index contributed by atoms with van der Waals surface area (Å²) in [5.74, 6) is -0.163. The maximum absolute atomic E-state index is 12.2. The molecule has 0 radical (unpaired) electrons. The summed E-state index contributed by atoms with van der Waals surface area (Å²) in [6.45, 7) is 0. The van der Waals surface area contributed by atoms with Crippen LogP contribution in [0.5, 0.6) is 0 Å². The Morgan fingerprint density at radius 1 is 1.39 bits per heavy atom. The van der Waals surface area contributed by atoms with Crippen LogP contribution < -0.4 is 5.32 Å². The van der Waals surface area contributed by atoms with Gasteiger partial charge < -0.3 is 4.57 Å². The number of para-hydroxylation sites is 1. The van der Waals surface area contributed by atoms with Gasteiger partial charge in [-0.05, 0) is 6.07 Å². The number of hydrogen-bond donors (Lipinski definition) is 1. The Kier molecular flexibility index (Phi) is 2.56. The van der Waals surface area contributed by atoms with Gasteiger partial charge in [-0.1, -0.05) is 29.5 Å². The molecule has 90 valence electrons. The Morgan fingerprint density at radius 2 is 2.22 bits per heavy atom. The number of fused-ring (bicyclic) bond motifs is 1. The van der Waals surface area contributed by atoms with Gasteiger partial charge in [-0.3, -0.25) is 10.1 Å². The molecule has 0 aliphatic heterocycles. The van der Waals surface area contributed by atoms with E-state index in [1.807, 2.05) is 42.1 Å². The van der Waals surface area contributed by atoms with Crippen LogP contribution in [0.2, 0.25) is 0 Å². The van der Waals surface area contributed by atoms with Crippen molar-refractivity contribution in [2.75, 3.05) is 5.32 Å². The van der Waals surface area contributed by atoms with Gasteiger partial charge in [0.05, 0.1) is 5.56 Å². The van der Waals surface area contributed by atoms with Crippen molar-refractivity contribution in [1.82, 2.24) is 14.8 Å². The van der Waals surface area contributed by atoms with Gasteiger partial charge in [0.1, 0.15) is 5.51 Å². The topological polar surface area (TPSA) is 59.8 Å². The van der Waals surface area contributed by atoms with E-state index in [2.05, 4.69) is 15.5 Å². The van der Waals surface area contributed by atoms with Crippen molar-refractivity contribution in [2.24, 2.45) is 7.05 Å². The van der Waals surface area contributed by atoms with Crippen LogP contribution in [0.25, 0.3) is 10.9 Å². The van der Waals surface area contributed by atoms with Crippen LogP contribution >= 0.6 is 11.3 Å². The maximum atomic E-state index is 12.2. The minimum absolute atomic E-state index is 0.163. The lowest BCUT2D eigenvalue weighted by atomic mass is 10.1. The lowest BCUT2D eigenvalue weighted by Crippen LogP contribution is -2.11. The van der Waals surface area contributed by atoms with E-state index in [-0.39, 0.29) is 5.91 Å². The number of anilines is 1. The lowest BCUT2D eigenvalue weighted by Gasteiger charge is -1.98. The van der Waals surface area contributed by atoms with Crippen molar-refractivity contribution < 1.29 is 4.79 Å². The first-order chi connectivity index (χ1) is 8.75. The van der Waals surface area contributed by atoms with Crippen LogP contribution in [0, 0.1) is 0 Å². The van der Waals surface area contributed by atoms with Crippen LogP contribution in [0.3, 0.4) is 0 Å². The molecule has 18 heavy (non-hydrogen) atoms. The van der Waals surface area contributed by atoms with Crippen LogP contribution in [0.1, 0.15) is 10.4 Å². The van der Waals surface area contributed by atoms with Crippen LogP contribution in [0.4, 0.5) is 5.13 Å². The zero-order valence-electron chi connectivity index (χ0n) is 9.62. The van der Waals surface area contributed by atoms with Crippen molar-refractivity contribution in [3.05, 3.63) is 41.5 Å². The molecular formula is C12H10N4OS. The van der Waals surface area contributed by atoms with Crippen molar-refractivity contribution >= 4 is 33.3 Å². The highest BCUT2D eigenvalue weighted by Crippen LogP contribution is 2.21. The summed E-state index contributed by atoms with van der Waals surface area (Å²) < 4.78 is 1.93. The third-order valence-corrected chi connectivity index (χ3v) is 3.33. The van der Waals surface area contributed by atoms with E-state index >= 15 is 0 Å². The molecule has 0 bridgehead atoms. The minimum atomic E-state index is -0.163. The molecule has 0 saturated heterocycles. The third kappa shape index (κ3) is 1.76. The number of benzene rings is 1. The zero-order valence-corrected chi connectivity index (χ0v) is 10.4. The molecule has 0 aliphatic rings. The van der Waals surface area contributed by atoms with Gasteiger partial charge in [-0.2, -0.15) is 0 Å². The van der Waals surface area contributed by atoms with E-state index in [4.69, 9.17) is 0 Å². The van der Waals surface area contributed by atoms with Gasteiger partial charge >= 0.3 is 0 Å². The number of rotatable bonds is 2. The second-order valence-electron chi connectivity index (χ2n) is 3.87. The molecule has 0 aliphatic carbocycles. The molecule has 2 aromatic heterocycles. The van der Waals surface area contributed by atoms with Crippen LogP contribution in [0.15, 0.2) is 36.0 Å². The largest absolute Gasteiger partial charge is 0.350 e. The molecule has 0 fully saturated rings. The minimum Gasteiger partial charge on any atom is -0.350 e. The number of nitrogens with zero attached hydrogens (tertiary/aromatic N) is 3. The fourth-order valence-electron chi connectivity index (χ4n) is 1.91.